The molecule has 0 saturated heterocycles. The SMILES string of the molecule is NC(=O)C(Cc1ccccc1)NC=O. The van der Waals surface area contributed by atoms with E-state index in [9.17, 15) is 9.59 Å². The highest BCUT2D eigenvalue weighted by Crippen LogP contribution is 2.02. The molecule has 1 atom stereocenters. The number of primary amides is 1. The van der Waals surface area contributed by atoms with Gasteiger partial charge in [0.05, 0.1) is 0 Å². The van der Waals surface area contributed by atoms with E-state index >= 15 is 0 Å². The van der Waals surface area contributed by atoms with E-state index in [1.807, 2.05) is 30.3 Å². The van der Waals surface area contributed by atoms with Crippen molar-refractivity contribution in [1.82, 2.24) is 5.32 Å². The third kappa shape index (κ3) is 2.90. The summed E-state index contributed by atoms with van der Waals surface area (Å²) in [5.74, 6) is -0.527. The summed E-state index contributed by atoms with van der Waals surface area (Å²) in [5.41, 5.74) is 6.07. The lowest BCUT2D eigenvalue weighted by atomic mass is 10.1. The summed E-state index contributed by atoms with van der Waals surface area (Å²) in [4.78, 5) is 21.1. The number of nitrogens with one attached hydrogen (secondary N) is 1. The number of hydrogen-bond acceptors (Lipinski definition) is 2. The topological polar surface area (TPSA) is 72.2 Å². The molecule has 14 heavy (non-hydrogen) atoms. The minimum absolute atomic E-state index is 0.426. The number of nitrogens with two attached hydrogens (primary N) is 1. The van der Waals surface area contributed by atoms with Gasteiger partial charge in [-0.05, 0) is 5.56 Å². The quantitative estimate of drug-likeness (QED) is 0.636. The Morgan fingerprint density at radius 3 is 2.57 bits per heavy atom. The molecule has 1 unspecified atom stereocenters. The number of rotatable bonds is 5. The number of benzene rings is 1. The van der Waals surface area contributed by atoms with Crippen molar-refractivity contribution in [3.63, 3.8) is 0 Å². The summed E-state index contributed by atoms with van der Waals surface area (Å²) < 4.78 is 0. The zero-order chi connectivity index (χ0) is 10.4. The lowest BCUT2D eigenvalue weighted by Crippen LogP contribution is -2.42. The molecule has 1 aromatic rings. The molecule has 1 rings (SSSR count). The van der Waals surface area contributed by atoms with E-state index in [2.05, 4.69) is 5.32 Å². The Bertz CT molecular complexity index is 311. The number of carbonyl (C=O) groups is 2. The van der Waals surface area contributed by atoms with Crippen LogP contribution in [0.2, 0.25) is 0 Å². The molecule has 74 valence electrons. The second-order valence-corrected chi connectivity index (χ2v) is 2.93. The predicted octanol–water partition coefficient (Wildman–Crippen LogP) is -0.171. The van der Waals surface area contributed by atoms with Gasteiger partial charge in [0.15, 0.2) is 0 Å². The summed E-state index contributed by atoms with van der Waals surface area (Å²) in [6.07, 6.45) is 0.910. The van der Waals surface area contributed by atoms with E-state index < -0.39 is 11.9 Å². The molecule has 0 aliphatic carbocycles. The fourth-order valence-corrected chi connectivity index (χ4v) is 1.17. The second-order valence-electron chi connectivity index (χ2n) is 2.93. The maximum Gasteiger partial charge on any atom is 0.240 e. The largest absolute Gasteiger partial charge is 0.368 e. The number of carbonyl (C=O) groups excluding carboxylic acids is 2. The fourth-order valence-electron chi connectivity index (χ4n) is 1.17. The van der Waals surface area contributed by atoms with Crippen LogP contribution in [0.1, 0.15) is 5.56 Å². The third-order valence-electron chi connectivity index (χ3n) is 1.90. The van der Waals surface area contributed by atoms with Crippen molar-refractivity contribution >= 4 is 12.3 Å². The van der Waals surface area contributed by atoms with Crippen molar-refractivity contribution in [3.05, 3.63) is 35.9 Å². The third-order valence-corrected chi connectivity index (χ3v) is 1.90. The van der Waals surface area contributed by atoms with Crippen LogP contribution in [-0.4, -0.2) is 18.4 Å². The Kier molecular flexibility index (Phi) is 3.67. The van der Waals surface area contributed by atoms with Crippen LogP contribution in [0, 0.1) is 0 Å². The maximum atomic E-state index is 10.9. The molecule has 0 bridgehead atoms. The molecule has 0 radical (unpaired) electrons. The zero-order valence-electron chi connectivity index (χ0n) is 7.64. The first-order valence-electron chi connectivity index (χ1n) is 4.27. The molecule has 0 aliphatic heterocycles. The summed E-state index contributed by atoms with van der Waals surface area (Å²) in [5, 5.41) is 2.38. The predicted molar refractivity (Wildman–Crippen MR) is 52.3 cm³/mol. The molecule has 0 saturated carbocycles. The first kappa shape index (κ1) is 10.2. The lowest BCUT2D eigenvalue weighted by Gasteiger charge is -2.11. The summed E-state index contributed by atoms with van der Waals surface area (Å²) in [7, 11) is 0. The highest BCUT2D eigenvalue weighted by molar-refractivity contribution is 5.82. The molecule has 2 amide bonds. The molecule has 0 heterocycles. The zero-order valence-corrected chi connectivity index (χ0v) is 7.64. The van der Waals surface area contributed by atoms with Gasteiger partial charge in [0.25, 0.3) is 0 Å². The van der Waals surface area contributed by atoms with Gasteiger partial charge in [0, 0.05) is 6.42 Å². The fraction of sp³-hybridized carbons (Fsp3) is 0.200. The van der Waals surface area contributed by atoms with Crippen molar-refractivity contribution in [3.8, 4) is 0 Å². The van der Waals surface area contributed by atoms with Crippen LogP contribution in [0.4, 0.5) is 0 Å². The van der Waals surface area contributed by atoms with Gasteiger partial charge in [0.2, 0.25) is 12.3 Å². The Morgan fingerprint density at radius 1 is 1.43 bits per heavy atom. The monoisotopic (exact) mass is 192 g/mol. The van der Waals surface area contributed by atoms with E-state index in [0.29, 0.717) is 12.8 Å². The van der Waals surface area contributed by atoms with Crippen LogP contribution < -0.4 is 11.1 Å². The van der Waals surface area contributed by atoms with Crippen molar-refractivity contribution in [2.45, 2.75) is 12.5 Å². The summed E-state index contributed by atoms with van der Waals surface area (Å²) in [6, 6.07) is 8.75. The molecule has 0 fully saturated rings. The highest BCUT2D eigenvalue weighted by Gasteiger charge is 2.13. The van der Waals surface area contributed by atoms with E-state index in [1.165, 1.54) is 0 Å². The Labute approximate surface area is 82.1 Å². The summed E-state index contributed by atoms with van der Waals surface area (Å²) in [6.45, 7) is 0. The smallest absolute Gasteiger partial charge is 0.240 e. The van der Waals surface area contributed by atoms with Crippen LogP contribution in [-0.2, 0) is 16.0 Å². The van der Waals surface area contributed by atoms with Gasteiger partial charge in [-0.25, -0.2) is 0 Å². The van der Waals surface area contributed by atoms with Crippen molar-refractivity contribution in [2.75, 3.05) is 0 Å². The van der Waals surface area contributed by atoms with Crippen molar-refractivity contribution < 1.29 is 9.59 Å². The van der Waals surface area contributed by atoms with E-state index in [0.717, 1.165) is 5.56 Å². The van der Waals surface area contributed by atoms with Crippen molar-refractivity contribution in [2.24, 2.45) is 5.73 Å². The molecule has 0 aliphatic rings. The highest BCUT2D eigenvalue weighted by atomic mass is 16.2. The number of hydrogen-bond donors (Lipinski definition) is 2. The average molecular weight is 192 g/mol. The Balaban J connectivity index is 2.64. The first-order chi connectivity index (χ1) is 6.74. The standard InChI is InChI=1S/C10H12N2O2/c11-10(14)9(12-7-13)6-8-4-2-1-3-5-8/h1-5,7,9H,6H2,(H2,11,14)(H,12,13). The van der Waals surface area contributed by atoms with Gasteiger partial charge >= 0.3 is 0 Å². The first-order valence-corrected chi connectivity index (χ1v) is 4.27. The van der Waals surface area contributed by atoms with Crippen LogP contribution >= 0.6 is 0 Å². The van der Waals surface area contributed by atoms with Gasteiger partial charge in [-0.15, -0.1) is 0 Å². The van der Waals surface area contributed by atoms with Crippen LogP contribution in [0.5, 0.6) is 0 Å². The lowest BCUT2D eigenvalue weighted by molar-refractivity contribution is -0.122. The van der Waals surface area contributed by atoms with E-state index in [4.69, 9.17) is 5.73 Å². The van der Waals surface area contributed by atoms with Gasteiger partial charge in [0.1, 0.15) is 6.04 Å². The van der Waals surface area contributed by atoms with Gasteiger partial charge in [-0.1, -0.05) is 30.3 Å². The molecule has 4 heteroatoms. The van der Waals surface area contributed by atoms with Gasteiger partial charge < -0.3 is 11.1 Å². The summed E-state index contributed by atoms with van der Waals surface area (Å²) >= 11 is 0. The van der Waals surface area contributed by atoms with Crippen LogP contribution in [0.3, 0.4) is 0 Å². The minimum Gasteiger partial charge on any atom is -0.368 e. The Hall–Kier alpha value is -1.84. The molecule has 4 nitrogen and oxygen atoms in total. The second kappa shape index (κ2) is 5.01. The molecule has 0 aromatic heterocycles. The van der Waals surface area contributed by atoms with Crippen LogP contribution in [0.15, 0.2) is 30.3 Å². The van der Waals surface area contributed by atoms with E-state index in [1.54, 1.807) is 0 Å². The molecular formula is C10H12N2O2. The normalized spacial score (nSPS) is 11.7. The average Bonchev–Trinajstić information content (AvgIpc) is 2.18. The molecular weight excluding hydrogens is 180 g/mol. The Morgan fingerprint density at radius 2 is 2.07 bits per heavy atom. The minimum atomic E-state index is -0.630. The van der Waals surface area contributed by atoms with Gasteiger partial charge in [-0.2, -0.15) is 0 Å². The van der Waals surface area contributed by atoms with Gasteiger partial charge in [-0.3, -0.25) is 9.59 Å². The van der Waals surface area contributed by atoms with E-state index in [-0.39, 0.29) is 0 Å². The van der Waals surface area contributed by atoms with Crippen molar-refractivity contribution in [1.29, 1.82) is 0 Å². The molecule has 1 aromatic carbocycles. The molecule has 3 N–H and O–H groups in total. The van der Waals surface area contributed by atoms with Crippen LogP contribution in [0.25, 0.3) is 0 Å². The maximum absolute atomic E-state index is 10.9. The molecule has 0 spiro atoms. The number of amides is 2.